The lowest BCUT2D eigenvalue weighted by Crippen LogP contribution is -2.10. The van der Waals surface area contributed by atoms with Gasteiger partial charge in [0.05, 0.1) is 0 Å². The van der Waals surface area contributed by atoms with E-state index in [0.717, 1.165) is 13.0 Å². The molecule has 0 aliphatic rings. The molecule has 0 saturated heterocycles. The van der Waals surface area contributed by atoms with Crippen molar-refractivity contribution in [2.45, 2.75) is 6.42 Å². The Balaban J connectivity index is 1.81. The van der Waals surface area contributed by atoms with Crippen LogP contribution in [0.25, 0.3) is 0 Å². The highest BCUT2D eigenvalue weighted by Gasteiger charge is 2.03. The summed E-state index contributed by atoms with van der Waals surface area (Å²) < 4.78 is 0. The van der Waals surface area contributed by atoms with Crippen LogP contribution in [0.15, 0.2) is 18.3 Å². The average molecular weight is 220 g/mol. The molecule has 2 rings (SSSR count). The van der Waals surface area contributed by atoms with Crippen LogP contribution in [0.4, 0.5) is 11.9 Å². The summed E-state index contributed by atoms with van der Waals surface area (Å²) in [5.74, 6) is 1.39. The highest BCUT2D eigenvalue weighted by Crippen LogP contribution is 2.05. The molecule has 0 aromatic carbocycles. The maximum atomic E-state index is 4.27. The van der Waals surface area contributed by atoms with E-state index in [1.54, 1.807) is 0 Å². The van der Waals surface area contributed by atoms with Crippen LogP contribution in [0.1, 0.15) is 5.69 Å². The van der Waals surface area contributed by atoms with Gasteiger partial charge in [0.25, 0.3) is 0 Å². The largest absolute Gasteiger partial charge is 0.365 e. The summed E-state index contributed by atoms with van der Waals surface area (Å²) in [6.07, 6.45) is 2.86. The molecule has 0 fully saturated rings. The summed E-state index contributed by atoms with van der Waals surface area (Å²) in [6, 6.07) is 4.06. The van der Waals surface area contributed by atoms with E-state index in [0.29, 0.717) is 11.9 Å². The predicted molar refractivity (Wildman–Crippen MR) is 63.7 cm³/mol. The molecule has 6 heteroatoms. The molecule has 2 aromatic rings. The predicted octanol–water partition coefficient (Wildman–Crippen LogP) is 0.853. The number of hydrogen-bond acceptors (Lipinski definition) is 4. The van der Waals surface area contributed by atoms with Gasteiger partial charge in [0, 0.05) is 39.0 Å². The maximum absolute atomic E-state index is 4.27. The van der Waals surface area contributed by atoms with Crippen LogP contribution < -0.4 is 10.2 Å². The average Bonchev–Trinajstić information content (AvgIpc) is 2.87. The zero-order chi connectivity index (χ0) is 11.4. The van der Waals surface area contributed by atoms with Gasteiger partial charge in [-0.15, -0.1) is 5.10 Å². The summed E-state index contributed by atoms with van der Waals surface area (Å²) >= 11 is 0. The minimum absolute atomic E-state index is 0.683. The lowest BCUT2D eigenvalue weighted by molar-refractivity contribution is 0.954. The molecule has 0 radical (unpaired) electrons. The number of nitrogens with zero attached hydrogens (tertiary/aromatic N) is 3. The number of rotatable bonds is 5. The van der Waals surface area contributed by atoms with Crippen LogP contribution in [0.5, 0.6) is 0 Å². The second kappa shape index (κ2) is 4.69. The Hall–Kier alpha value is -1.98. The molecular weight excluding hydrogens is 204 g/mol. The third-order valence-electron chi connectivity index (χ3n) is 2.22. The number of H-pyrrole nitrogens is 2. The van der Waals surface area contributed by atoms with E-state index in [9.17, 15) is 0 Å². The van der Waals surface area contributed by atoms with E-state index < -0.39 is 0 Å². The Morgan fingerprint density at radius 3 is 2.94 bits per heavy atom. The number of aromatic amines is 2. The van der Waals surface area contributed by atoms with Gasteiger partial charge in [-0.2, -0.15) is 4.98 Å². The molecule has 3 N–H and O–H groups in total. The van der Waals surface area contributed by atoms with E-state index in [4.69, 9.17) is 0 Å². The fourth-order valence-electron chi connectivity index (χ4n) is 1.37. The Morgan fingerprint density at radius 2 is 2.31 bits per heavy atom. The number of nitrogens with one attached hydrogen (secondary N) is 3. The topological polar surface area (TPSA) is 72.6 Å². The quantitative estimate of drug-likeness (QED) is 0.698. The van der Waals surface area contributed by atoms with Crippen molar-refractivity contribution in [3.63, 3.8) is 0 Å². The molecule has 0 unspecified atom stereocenters. The molecule has 0 amide bonds. The van der Waals surface area contributed by atoms with Gasteiger partial charge < -0.3 is 15.2 Å². The molecule has 0 saturated carbocycles. The van der Waals surface area contributed by atoms with Crippen molar-refractivity contribution in [2.24, 2.45) is 0 Å². The first-order chi connectivity index (χ1) is 7.75. The standard InChI is InChI=1S/C10H16N6/c1-16(2)10-13-9(14-15-10)12-7-5-8-4-3-6-11-8/h3-4,6,11H,5,7H2,1-2H3,(H2,12,13,14,15). The lowest BCUT2D eigenvalue weighted by atomic mass is 10.3. The van der Waals surface area contributed by atoms with Crippen LogP contribution in [0.2, 0.25) is 0 Å². The number of anilines is 2. The van der Waals surface area contributed by atoms with Crippen molar-refractivity contribution in [3.05, 3.63) is 24.0 Å². The minimum Gasteiger partial charge on any atom is -0.365 e. The van der Waals surface area contributed by atoms with Gasteiger partial charge in [-0.05, 0) is 12.1 Å². The third kappa shape index (κ3) is 2.53. The highest BCUT2D eigenvalue weighted by molar-refractivity contribution is 5.34. The van der Waals surface area contributed by atoms with Gasteiger partial charge in [-0.25, -0.2) is 5.10 Å². The van der Waals surface area contributed by atoms with Crippen molar-refractivity contribution in [1.29, 1.82) is 0 Å². The smallest absolute Gasteiger partial charge is 0.245 e. The highest BCUT2D eigenvalue weighted by atomic mass is 15.4. The van der Waals surface area contributed by atoms with Crippen LogP contribution in [0.3, 0.4) is 0 Å². The first-order valence-electron chi connectivity index (χ1n) is 5.21. The molecular formula is C10H16N6. The van der Waals surface area contributed by atoms with Crippen LogP contribution in [-0.4, -0.2) is 40.8 Å². The fourth-order valence-corrected chi connectivity index (χ4v) is 1.37. The van der Waals surface area contributed by atoms with Crippen molar-refractivity contribution in [2.75, 3.05) is 30.9 Å². The molecule has 0 aliphatic heterocycles. The Bertz CT molecular complexity index is 416. The summed E-state index contributed by atoms with van der Waals surface area (Å²) in [5.41, 5.74) is 1.21. The van der Waals surface area contributed by atoms with Crippen LogP contribution >= 0.6 is 0 Å². The molecule has 16 heavy (non-hydrogen) atoms. The number of hydrogen-bond donors (Lipinski definition) is 3. The van der Waals surface area contributed by atoms with Crippen molar-refractivity contribution in [1.82, 2.24) is 20.2 Å². The van der Waals surface area contributed by atoms with E-state index in [2.05, 4.69) is 31.5 Å². The first-order valence-corrected chi connectivity index (χ1v) is 5.21. The summed E-state index contributed by atoms with van der Waals surface area (Å²) in [5, 5.41) is 10.1. The van der Waals surface area contributed by atoms with Gasteiger partial charge in [-0.1, -0.05) is 0 Å². The summed E-state index contributed by atoms with van der Waals surface area (Å²) in [7, 11) is 3.82. The molecule has 2 heterocycles. The second-order valence-electron chi connectivity index (χ2n) is 3.75. The SMILES string of the molecule is CN(C)c1n[nH]c(NCCc2ccc[nH]2)n1. The van der Waals surface area contributed by atoms with Crippen molar-refractivity contribution < 1.29 is 0 Å². The summed E-state index contributed by atoms with van der Waals surface area (Å²) in [4.78, 5) is 9.27. The van der Waals surface area contributed by atoms with E-state index in [1.807, 2.05) is 31.3 Å². The van der Waals surface area contributed by atoms with Crippen LogP contribution in [0, 0.1) is 0 Å². The van der Waals surface area contributed by atoms with E-state index in [1.165, 1.54) is 5.69 Å². The van der Waals surface area contributed by atoms with E-state index in [-0.39, 0.29) is 0 Å². The number of aromatic nitrogens is 4. The Kier molecular flexibility index (Phi) is 3.09. The minimum atomic E-state index is 0.683. The molecule has 6 nitrogen and oxygen atoms in total. The molecule has 0 spiro atoms. The second-order valence-corrected chi connectivity index (χ2v) is 3.75. The molecule has 86 valence electrons. The molecule has 0 aliphatic carbocycles. The fraction of sp³-hybridized carbons (Fsp3) is 0.400. The van der Waals surface area contributed by atoms with Gasteiger partial charge in [0.15, 0.2) is 0 Å². The van der Waals surface area contributed by atoms with Crippen molar-refractivity contribution in [3.8, 4) is 0 Å². The molecule has 2 aromatic heterocycles. The normalized spacial score (nSPS) is 10.4. The Labute approximate surface area is 94.1 Å². The zero-order valence-corrected chi connectivity index (χ0v) is 9.49. The van der Waals surface area contributed by atoms with Gasteiger partial charge in [0.1, 0.15) is 0 Å². The third-order valence-corrected chi connectivity index (χ3v) is 2.22. The van der Waals surface area contributed by atoms with Crippen LogP contribution in [-0.2, 0) is 6.42 Å². The lowest BCUT2D eigenvalue weighted by Gasteiger charge is -2.04. The monoisotopic (exact) mass is 220 g/mol. The maximum Gasteiger partial charge on any atom is 0.245 e. The van der Waals surface area contributed by atoms with E-state index >= 15 is 0 Å². The molecule has 0 atom stereocenters. The van der Waals surface area contributed by atoms with Gasteiger partial charge in [0.2, 0.25) is 11.9 Å². The molecule has 0 bridgehead atoms. The van der Waals surface area contributed by atoms with Gasteiger partial charge in [-0.3, -0.25) is 0 Å². The summed E-state index contributed by atoms with van der Waals surface area (Å²) in [6.45, 7) is 0.822. The first kappa shape index (κ1) is 10.5. The van der Waals surface area contributed by atoms with Crippen molar-refractivity contribution >= 4 is 11.9 Å². The Morgan fingerprint density at radius 1 is 1.44 bits per heavy atom. The van der Waals surface area contributed by atoms with Gasteiger partial charge >= 0.3 is 0 Å². The zero-order valence-electron chi connectivity index (χ0n) is 9.49.